The van der Waals surface area contributed by atoms with Crippen molar-refractivity contribution in [2.45, 2.75) is 0 Å². The van der Waals surface area contributed by atoms with Crippen molar-refractivity contribution in [1.29, 1.82) is 0 Å². The van der Waals surface area contributed by atoms with Gasteiger partial charge >= 0.3 is 0 Å². The van der Waals surface area contributed by atoms with Crippen LogP contribution in [0.5, 0.6) is 0 Å². The molecule has 0 saturated heterocycles. The van der Waals surface area contributed by atoms with Gasteiger partial charge in [-0.15, -0.1) is 0 Å². The molecule has 0 unspecified atom stereocenters. The SMILES string of the molecule is O=S(=O)(CC=S)CC=S. The summed E-state index contributed by atoms with van der Waals surface area (Å²) in [7, 11) is -3.00. The van der Waals surface area contributed by atoms with Gasteiger partial charge in [0.15, 0.2) is 9.84 Å². The molecule has 0 aromatic carbocycles. The second-order valence-corrected chi connectivity index (χ2v) is 4.23. The van der Waals surface area contributed by atoms with Crippen LogP contribution in [0.2, 0.25) is 0 Å². The Morgan fingerprint density at radius 1 is 1.11 bits per heavy atom. The van der Waals surface area contributed by atoms with Gasteiger partial charge in [-0.2, -0.15) is 0 Å². The van der Waals surface area contributed by atoms with E-state index in [0.29, 0.717) is 0 Å². The maximum atomic E-state index is 10.6. The molecule has 0 aliphatic carbocycles. The standard InChI is InChI=1S/C4H6O2S3/c5-9(6,3-1-7)4-2-8/h1-2H,3-4H2. The fraction of sp³-hybridized carbons (Fsp3) is 0.500. The van der Waals surface area contributed by atoms with Crippen LogP contribution in [0, 0.1) is 0 Å². The highest BCUT2D eigenvalue weighted by Gasteiger charge is 2.04. The summed E-state index contributed by atoms with van der Waals surface area (Å²) in [6.07, 6.45) is 0. The normalized spacial score (nSPS) is 10.7. The highest BCUT2D eigenvalue weighted by Crippen LogP contribution is 1.84. The molecular weight excluding hydrogens is 176 g/mol. The zero-order chi connectivity index (χ0) is 7.33. The largest absolute Gasteiger partial charge is 0.228 e. The summed E-state index contributed by atoms with van der Waals surface area (Å²) in [5.41, 5.74) is 0. The van der Waals surface area contributed by atoms with Crippen LogP contribution in [-0.2, 0) is 9.84 Å². The van der Waals surface area contributed by atoms with E-state index in [4.69, 9.17) is 0 Å². The quantitative estimate of drug-likeness (QED) is 0.589. The van der Waals surface area contributed by atoms with Gasteiger partial charge < -0.3 is 0 Å². The molecule has 0 saturated carbocycles. The molecule has 0 bridgehead atoms. The Kier molecular flexibility index (Phi) is 4.09. The lowest BCUT2D eigenvalue weighted by atomic mass is 11.0. The minimum Gasteiger partial charge on any atom is -0.228 e. The zero-order valence-electron chi connectivity index (χ0n) is 4.61. The monoisotopic (exact) mass is 182 g/mol. The van der Waals surface area contributed by atoms with Crippen LogP contribution < -0.4 is 0 Å². The summed E-state index contributed by atoms with van der Waals surface area (Å²) >= 11 is 8.72. The second kappa shape index (κ2) is 4.03. The smallest absolute Gasteiger partial charge is 0.159 e. The van der Waals surface area contributed by atoms with Gasteiger partial charge in [0.05, 0.1) is 11.5 Å². The van der Waals surface area contributed by atoms with Gasteiger partial charge in [0, 0.05) is 0 Å². The van der Waals surface area contributed by atoms with E-state index in [1.165, 1.54) is 10.7 Å². The van der Waals surface area contributed by atoms with Crippen molar-refractivity contribution in [1.82, 2.24) is 0 Å². The molecule has 2 nitrogen and oxygen atoms in total. The van der Waals surface area contributed by atoms with Crippen molar-refractivity contribution < 1.29 is 8.42 Å². The van der Waals surface area contributed by atoms with Gasteiger partial charge in [-0.05, 0) is 10.7 Å². The molecule has 0 heterocycles. The molecule has 0 atom stereocenters. The van der Waals surface area contributed by atoms with Crippen LogP contribution in [0.25, 0.3) is 0 Å². The van der Waals surface area contributed by atoms with Gasteiger partial charge in [-0.3, -0.25) is 0 Å². The molecular formula is C4H6O2S3. The summed E-state index contributed by atoms with van der Waals surface area (Å²) in [5.74, 6) is -0.120. The molecule has 0 aliphatic rings. The molecule has 0 spiro atoms. The van der Waals surface area contributed by atoms with E-state index in [1.54, 1.807) is 0 Å². The highest BCUT2D eigenvalue weighted by atomic mass is 32.2. The van der Waals surface area contributed by atoms with Crippen LogP contribution in [0.3, 0.4) is 0 Å². The third-order valence-corrected chi connectivity index (χ3v) is 2.75. The van der Waals surface area contributed by atoms with Crippen molar-refractivity contribution in [2.24, 2.45) is 0 Å². The number of hydrogen-bond acceptors (Lipinski definition) is 4. The van der Waals surface area contributed by atoms with Crippen molar-refractivity contribution in [3.05, 3.63) is 0 Å². The fourth-order valence-corrected chi connectivity index (χ4v) is 2.07. The number of sulfone groups is 1. The minimum atomic E-state index is -3.00. The average molecular weight is 182 g/mol. The average Bonchev–Trinajstić information content (AvgIpc) is 1.64. The summed E-state index contributed by atoms with van der Waals surface area (Å²) in [6.45, 7) is 0. The van der Waals surface area contributed by atoms with E-state index in [0.717, 1.165) is 0 Å². The Bertz CT molecular complexity index is 176. The third kappa shape index (κ3) is 4.62. The van der Waals surface area contributed by atoms with Crippen molar-refractivity contribution >= 4 is 45.0 Å². The molecule has 0 aromatic rings. The zero-order valence-corrected chi connectivity index (χ0v) is 7.06. The summed E-state index contributed by atoms with van der Waals surface area (Å²) in [6, 6.07) is 0. The van der Waals surface area contributed by atoms with Gasteiger partial charge in [-0.25, -0.2) is 8.42 Å². The van der Waals surface area contributed by atoms with Crippen LogP contribution in [0.15, 0.2) is 0 Å². The van der Waals surface area contributed by atoms with Crippen molar-refractivity contribution in [2.75, 3.05) is 11.5 Å². The summed E-state index contributed by atoms with van der Waals surface area (Å²) in [5, 5.41) is 2.38. The number of thiocarbonyl (C=S) groups is 2. The molecule has 5 heteroatoms. The predicted octanol–water partition coefficient (Wildman–Crippen LogP) is 0.401. The van der Waals surface area contributed by atoms with E-state index >= 15 is 0 Å². The van der Waals surface area contributed by atoms with Gasteiger partial charge in [-0.1, -0.05) is 24.4 Å². The molecule has 0 amide bonds. The van der Waals surface area contributed by atoms with Crippen molar-refractivity contribution in [3.8, 4) is 0 Å². The Balaban J connectivity index is 4.03. The number of rotatable bonds is 4. The van der Waals surface area contributed by atoms with Crippen molar-refractivity contribution in [3.63, 3.8) is 0 Å². The predicted molar refractivity (Wildman–Crippen MR) is 46.0 cm³/mol. The van der Waals surface area contributed by atoms with E-state index in [1.807, 2.05) is 0 Å². The summed E-state index contributed by atoms with van der Waals surface area (Å²) < 4.78 is 21.3. The molecule has 0 aromatic heterocycles. The van der Waals surface area contributed by atoms with Gasteiger partial charge in [0.25, 0.3) is 0 Å². The summed E-state index contributed by atoms with van der Waals surface area (Å²) in [4.78, 5) is 0. The molecule has 0 aliphatic heterocycles. The third-order valence-electron chi connectivity index (χ3n) is 0.644. The van der Waals surface area contributed by atoms with Crippen LogP contribution in [0.1, 0.15) is 0 Å². The van der Waals surface area contributed by atoms with Gasteiger partial charge in [0.2, 0.25) is 0 Å². The lowest BCUT2D eigenvalue weighted by Gasteiger charge is -1.90. The van der Waals surface area contributed by atoms with Crippen LogP contribution in [0.4, 0.5) is 0 Å². The Hall–Kier alpha value is 0.130. The Morgan fingerprint density at radius 3 is 1.67 bits per heavy atom. The second-order valence-electron chi connectivity index (χ2n) is 1.41. The molecule has 0 fully saturated rings. The van der Waals surface area contributed by atoms with E-state index in [9.17, 15) is 8.42 Å². The molecule has 52 valence electrons. The molecule has 0 radical (unpaired) electrons. The Morgan fingerprint density at radius 2 is 1.44 bits per heavy atom. The Labute approximate surface area is 65.2 Å². The lowest BCUT2D eigenvalue weighted by molar-refractivity contribution is 0.604. The van der Waals surface area contributed by atoms with Gasteiger partial charge in [0.1, 0.15) is 0 Å². The first kappa shape index (κ1) is 9.13. The molecule has 0 rings (SSSR count). The van der Waals surface area contributed by atoms with Crippen LogP contribution in [-0.4, -0.2) is 30.7 Å². The van der Waals surface area contributed by atoms with Crippen LogP contribution >= 0.6 is 24.4 Å². The highest BCUT2D eigenvalue weighted by molar-refractivity contribution is 7.95. The molecule has 0 N–H and O–H groups in total. The number of hydrogen-bond donors (Lipinski definition) is 0. The lowest BCUT2D eigenvalue weighted by Crippen LogP contribution is -2.11. The fourth-order valence-electron chi connectivity index (χ4n) is 0.275. The maximum absolute atomic E-state index is 10.6. The topological polar surface area (TPSA) is 34.1 Å². The maximum Gasteiger partial charge on any atom is 0.159 e. The van der Waals surface area contributed by atoms with E-state index in [-0.39, 0.29) is 11.5 Å². The van der Waals surface area contributed by atoms with E-state index in [2.05, 4.69) is 24.4 Å². The molecule has 9 heavy (non-hydrogen) atoms. The first-order valence-electron chi connectivity index (χ1n) is 2.20. The van der Waals surface area contributed by atoms with E-state index < -0.39 is 9.84 Å². The minimum absolute atomic E-state index is 0.0600. The first-order valence-corrected chi connectivity index (χ1v) is 4.96. The first-order chi connectivity index (χ1) is 4.12.